The first-order valence-corrected chi connectivity index (χ1v) is 6.91. The standard InChI is InChI=1S/C14H26N4/c1-13(2)7-15-11(16-8-13)5-6-12-17-9-14(3,4)10-18-12/h5-10H2,1-4H3,(H,15,16)(H,17,18). The van der Waals surface area contributed by atoms with Crippen molar-refractivity contribution in [2.24, 2.45) is 20.8 Å². The third-order valence-electron chi connectivity index (χ3n) is 3.54. The van der Waals surface area contributed by atoms with Crippen LogP contribution in [0.4, 0.5) is 0 Å². The van der Waals surface area contributed by atoms with Crippen molar-refractivity contribution < 1.29 is 0 Å². The Kier molecular flexibility index (Phi) is 3.64. The van der Waals surface area contributed by atoms with Crippen LogP contribution in [-0.2, 0) is 0 Å². The van der Waals surface area contributed by atoms with Crippen LogP contribution in [0.2, 0.25) is 0 Å². The van der Waals surface area contributed by atoms with E-state index in [0.29, 0.717) is 10.8 Å². The van der Waals surface area contributed by atoms with Gasteiger partial charge in [0.15, 0.2) is 0 Å². The summed E-state index contributed by atoms with van der Waals surface area (Å²) in [5, 5.41) is 6.86. The average molecular weight is 250 g/mol. The molecule has 0 bridgehead atoms. The quantitative estimate of drug-likeness (QED) is 0.803. The van der Waals surface area contributed by atoms with E-state index in [1.54, 1.807) is 0 Å². The van der Waals surface area contributed by atoms with Gasteiger partial charge in [-0.05, 0) is 0 Å². The number of nitrogens with zero attached hydrogens (tertiary/aromatic N) is 2. The number of amidine groups is 2. The number of hydrogen-bond acceptors (Lipinski definition) is 4. The largest absolute Gasteiger partial charge is 0.373 e. The van der Waals surface area contributed by atoms with Crippen LogP contribution in [0.3, 0.4) is 0 Å². The minimum Gasteiger partial charge on any atom is -0.373 e. The van der Waals surface area contributed by atoms with Crippen molar-refractivity contribution in [1.29, 1.82) is 0 Å². The highest BCUT2D eigenvalue weighted by Crippen LogP contribution is 2.19. The molecule has 2 heterocycles. The van der Waals surface area contributed by atoms with Crippen LogP contribution in [0.1, 0.15) is 40.5 Å². The van der Waals surface area contributed by atoms with Crippen LogP contribution in [0.25, 0.3) is 0 Å². The predicted octanol–water partition coefficient (Wildman–Crippen LogP) is 1.82. The van der Waals surface area contributed by atoms with Gasteiger partial charge in [0.25, 0.3) is 0 Å². The van der Waals surface area contributed by atoms with Gasteiger partial charge in [-0.15, -0.1) is 0 Å². The van der Waals surface area contributed by atoms with E-state index < -0.39 is 0 Å². The van der Waals surface area contributed by atoms with Gasteiger partial charge in [-0.1, -0.05) is 27.7 Å². The molecule has 0 spiro atoms. The zero-order valence-electron chi connectivity index (χ0n) is 12.1. The monoisotopic (exact) mass is 250 g/mol. The summed E-state index contributed by atoms with van der Waals surface area (Å²) in [4.78, 5) is 9.24. The highest BCUT2D eigenvalue weighted by molar-refractivity contribution is 5.90. The van der Waals surface area contributed by atoms with Gasteiger partial charge in [-0.2, -0.15) is 0 Å². The second-order valence-electron chi connectivity index (χ2n) is 7.06. The van der Waals surface area contributed by atoms with E-state index in [1.807, 2.05) is 0 Å². The molecule has 0 atom stereocenters. The summed E-state index contributed by atoms with van der Waals surface area (Å²) in [5.41, 5.74) is 0.599. The van der Waals surface area contributed by atoms with Crippen LogP contribution in [0.15, 0.2) is 9.98 Å². The van der Waals surface area contributed by atoms with E-state index in [2.05, 4.69) is 48.3 Å². The Bertz CT molecular complexity index is 330. The number of hydrogen-bond donors (Lipinski definition) is 2. The molecule has 0 aromatic rings. The molecule has 4 heteroatoms. The first-order valence-electron chi connectivity index (χ1n) is 6.91. The molecule has 0 radical (unpaired) electrons. The summed E-state index contributed by atoms with van der Waals surface area (Å²) in [5.74, 6) is 2.28. The second kappa shape index (κ2) is 4.90. The minimum absolute atomic E-state index is 0.300. The fraction of sp³-hybridized carbons (Fsp3) is 0.857. The van der Waals surface area contributed by atoms with Crippen LogP contribution >= 0.6 is 0 Å². The molecule has 2 aliphatic heterocycles. The number of rotatable bonds is 3. The molecule has 0 aliphatic carbocycles. The van der Waals surface area contributed by atoms with Crippen molar-refractivity contribution in [2.45, 2.75) is 40.5 Å². The molecule has 0 unspecified atom stereocenters. The van der Waals surface area contributed by atoms with E-state index >= 15 is 0 Å². The molecule has 0 fully saturated rings. The second-order valence-corrected chi connectivity index (χ2v) is 7.06. The lowest BCUT2D eigenvalue weighted by Gasteiger charge is -2.31. The van der Waals surface area contributed by atoms with E-state index in [0.717, 1.165) is 50.7 Å². The Hall–Kier alpha value is -1.06. The van der Waals surface area contributed by atoms with Crippen molar-refractivity contribution in [3.8, 4) is 0 Å². The van der Waals surface area contributed by atoms with Crippen LogP contribution < -0.4 is 10.6 Å². The van der Waals surface area contributed by atoms with Crippen LogP contribution in [0.5, 0.6) is 0 Å². The zero-order valence-corrected chi connectivity index (χ0v) is 12.1. The molecule has 0 saturated heterocycles. The topological polar surface area (TPSA) is 48.8 Å². The van der Waals surface area contributed by atoms with E-state index in [1.165, 1.54) is 0 Å². The van der Waals surface area contributed by atoms with Gasteiger partial charge in [0.1, 0.15) is 0 Å². The Morgan fingerprint density at radius 3 is 1.50 bits per heavy atom. The third-order valence-corrected chi connectivity index (χ3v) is 3.54. The zero-order chi connectivity index (χ0) is 13.2. The van der Waals surface area contributed by atoms with E-state index in [4.69, 9.17) is 0 Å². The normalized spacial score (nSPS) is 25.6. The Balaban J connectivity index is 1.80. The van der Waals surface area contributed by atoms with E-state index in [-0.39, 0.29) is 0 Å². The predicted molar refractivity (Wildman–Crippen MR) is 77.4 cm³/mol. The fourth-order valence-corrected chi connectivity index (χ4v) is 2.10. The molecule has 0 saturated carbocycles. The lowest BCUT2D eigenvalue weighted by Crippen LogP contribution is -2.43. The average Bonchev–Trinajstić information content (AvgIpc) is 2.29. The molecule has 0 amide bonds. The number of aliphatic imine (C=N–C) groups is 2. The molecule has 0 aromatic heterocycles. The van der Waals surface area contributed by atoms with Gasteiger partial charge in [-0.25, -0.2) is 0 Å². The Labute approximate surface area is 110 Å². The van der Waals surface area contributed by atoms with Crippen LogP contribution in [-0.4, -0.2) is 37.9 Å². The van der Waals surface area contributed by atoms with Crippen molar-refractivity contribution >= 4 is 11.7 Å². The smallest absolute Gasteiger partial charge is 0.0967 e. The summed E-state index contributed by atoms with van der Waals surface area (Å²) in [6.07, 6.45) is 1.95. The van der Waals surface area contributed by atoms with Gasteiger partial charge in [0.05, 0.1) is 11.7 Å². The molecule has 2 aliphatic rings. The molecule has 2 N–H and O–H groups in total. The summed E-state index contributed by atoms with van der Waals surface area (Å²) in [6, 6.07) is 0. The maximum absolute atomic E-state index is 4.62. The molecular formula is C14H26N4. The Morgan fingerprint density at radius 2 is 1.22 bits per heavy atom. The summed E-state index contributed by atoms with van der Waals surface area (Å²) in [6.45, 7) is 12.9. The molecule has 0 aromatic carbocycles. The highest BCUT2D eigenvalue weighted by atomic mass is 15.1. The van der Waals surface area contributed by atoms with Crippen molar-refractivity contribution in [1.82, 2.24) is 10.6 Å². The van der Waals surface area contributed by atoms with E-state index in [9.17, 15) is 0 Å². The molecular weight excluding hydrogens is 224 g/mol. The summed E-state index contributed by atoms with van der Waals surface area (Å²) in [7, 11) is 0. The third kappa shape index (κ3) is 3.72. The van der Waals surface area contributed by atoms with Gasteiger partial charge in [0.2, 0.25) is 0 Å². The molecule has 4 nitrogen and oxygen atoms in total. The van der Waals surface area contributed by atoms with Gasteiger partial charge in [0, 0.05) is 49.9 Å². The van der Waals surface area contributed by atoms with Gasteiger partial charge >= 0.3 is 0 Å². The van der Waals surface area contributed by atoms with Gasteiger partial charge in [-0.3, -0.25) is 9.98 Å². The fourth-order valence-electron chi connectivity index (χ4n) is 2.10. The Morgan fingerprint density at radius 1 is 0.833 bits per heavy atom. The minimum atomic E-state index is 0.300. The highest BCUT2D eigenvalue weighted by Gasteiger charge is 2.24. The molecule has 2 rings (SSSR count). The summed E-state index contributed by atoms with van der Waals surface area (Å²) >= 11 is 0. The SMILES string of the molecule is CC1(C)CN=C(CCC2=NCC(C)(C)CN2)NC1. The van der Waals surface area contributed by atoms with Gasteiger partial charge < -0.3 is 10.6 Å². The lowest BCUT2D eigenvalue weighted by atomic mass is 9.91. The summed E-state index contributed by atoms with van der Waals surface area (Å²) < 4.78 is 0. The van der Waals surface area contributed by atoms with Crippen LogP contribution in [0, 0.1) is 10.8 Å². The molecule has 102 valence electrons. The van der Waals surface area contributed by atoms with Crippen molar-refractivity contribution in [2.75, 3.05) is 26.2 Å². The maximum atomic E-state index is 4.62. The lowest BCUT2D eigenvalue weighted by molar-refractivity contribution is 0.357. The number of nitrogens with one attached hydrogen (secondary N) is 2. The first kappa shape index (κ1) is 13.4. The van der Waals surface area contributed by atoms with Crippen molar-refractivity contribution in [3.05, 3.63) is 0 Å². The van der Waals surface area contributed by atoms with Crippen molar-refractivity contribution in [3.63, 3.8) is 0 Å². The molecule has 18 heavy (non-hydrogen) atoms. The maximum Gasteiger partial charge on any atom is 0.0967 e. The first-order chi connectivity index (χ1) is 8.36.